The quantitative estimate of drug-likeness (QED) is 0.651. The summed E-state index contributed by atoms with van der Waals surface area (Å²) in [5.74, 6) is 0. The van der Waals surface area contributed by atoms with Gasteiger partial charge in [0.25, 0.3) is 0 Å². The lowest BCUT2D eigenvalue weighted by molar-refractivity contribution is 0.527. The van der Waals surface area contributed by atoms with Crippen LogP contribution >= 0.6 is 11.8 Å². The van der Waals surface area contributed by atoms with Crippen LogP contribution in [0.1, 0.15) is 22.3 Å². The van der Waals surface area contributed by atoms with E-state index in [1.807, 2.05) is 68.6 Å². The van der Waals surface area contributed by atoms with Gasteiger partial charge in [0, 0.05) is 0 Å². The minimum atomic E-state index is -0.514. The molecule has 0 aliphatic rings. The summed E-state index contributed by atoms with van der Waals surface area (Å²) >= 11 is 1.30. The van der Waals surface area contributed by atoms with Crippen LogP contribution in [0.25, 0.3) is 0 Å². The number of hydrogen-bond donors (Lipinski definition) is 0. The maximum absolute atomic E-state index is 13.0. The van der Waals surface area contributed by atoms with E-state index in [1.165, 1.54) is 16.3 Å². The van der Waals surface area contributed by atoms with Gasteiger partial charge in [0.05, 0.1) is 13.1 Å². The number of aryl methyl sites for hydroxylation is 2. The molecule has 0 fully saturated rings. The maximum atomic E-state index is 13.0. The van der Waals surface area contributed by atoms with E-state index >= 15 is 0 Å². The van der Waals surface area contributed by atoms with Crippen molar-refractivity contribution in [3.8, 4) is 0 Å². The fraction of sp³-hybridized carbons (Fsp3) is 0.250. The third-order valence-electron chi connectivity index (χ3n) is 4.22. The first-order valence-electron chi connectivity index (χ1n) is 8.34. The zero-order valence-electron chi connectivity index (χ0n) is 15.1. The lowest BCUT2D eigenvalue weighted by Crippen LogP contribution is -2.42. The van der Waals surface area contributed by atoms with Gasteiger partial charge in [0.2, 0.25) is 0 Å². The molecule has 3 rings (SSSR count). The molecule has 0 bridgehead atoms. The number of nitrogens with zero attached hydrogens (tertiary/aromatic N) is 3. The molecule has 0 saturated heterocycles. The Bertz CT molecular complexity index is 1020. The van der Waals surface area contributed by atoms with Crippen LogP contribution in [0.3, 0.4) is 0 Å². The van der Waals surface area contributed by atoms with E-state index in [1.54, 1.807) is 4.57 Å². The zero-order chi connectivity index (χ0) is 18.7. The first-order chi connectivity index (χ1) is 12.5. The van der Waals surface area contributed by atoms with Gasteiger partial charge in [-0.05, 0) is 31.2 Å². The molecule has 5 nitrogen and oxygen atoms in total. The van der Waals surface area contributed by atoms with Gasteiger partial charge in [-0.25, -0.2) is 14.2 Å². The van der Waals surface area contributed by atoms with Crippen LogP contribution in [0, 0.1) is 13.8 Å². The summed E-state index contributed by atoms with van der Waals surface area (Å²) in [5, 5.41) is 0.431. The number of rotatable bonds is 5. The summed E-state index contributed by atoms with van der Waals surface area (Å²) in [5.41, 5.74) is 3.34. The van der Waals surface area contributed by atoms with Crippen molar-refractivity contribution >= 4 is 11.8 Å². The summed E-state index contributed by atoms with van der Waals surface area (Å²) in [6.45, 7) is 4.62. The van der Waals surface area contributed by atoms with Crippen molar-refractivity contribution in [2.75, 3.05) is 6.26 Å². The zero-order valence-corrected chi connectivity index (χ0v) is 15.9. The van der Waals surface area contributed by atoms with Crippen molar-refractivity contribution in [2.45, 2.75) is 32.1 Å². The first-order valence-corrected chi connectivity index (χ1v) is 9.57. The Balaban J connectivity index is 2.03. The second-order valence-corrected chi connectivity index (χ2v) is 7.08. The fourth-order valence-corrected chi connectivity index (χ4v) is 3.22. The smallest absolute Gasteiger partial charge is 0.268 e. The van der Waals surface area contributed by atoms with Gasteiger partial charge < -0.3 is 0 Å². The van der Waals surface area contributed by atoms with Crippen LogP contribution < -0.4 is 11.4 Å². The van der Waals surface area contributed by atoms with Gasteiger partial charge in [0.1, 0.15) is 0 Å². The maximum Gasteiger partial charge on any atom is 0.354 e. The number of hydrogen-bond acceptors (Lipinski definition) is 4. The second kappa shape index (κ2) is 7.74. The van der Waals surface area contributed by atoms with Crippen LogP contribution in [0.5, 0.6) is 0 Å². The van der Waals surface area contributed by atoms with Gasteiger partial charge >= 0.3 is 11.4 Å². The standard InChI is InChI=1S/C20H21N3O2S/c1-14-4-8-16(9-5-14)12-22-18(24)21-19(26-3)23(20(22)25)13-17-10-6-15(2)7-11-17/h4-11H,12-13H2,1-3H3. The summed E-state index contributed by atoms with van der Waals surface area (Å²) in [4.78, 5) is 29.5. The van der Waals surface area contributed by atoms with E-state index in [9.17, 15) is 9.59 Å². The minimum Gasteiger partial charge on any atom is -0.268 e. The average molecular weight is 367 g/mol. The molecular weight excluding hydrogens is 346 g/mol. The van der Waals surface area contributed by atoms with E-state index in [4.69, 9.17) is 0 Å². The summed E-state index contributed by atoms with van der Waals surface area (Å²) in [7, 11) is 0. The van der Waals surface area contributed by atoms with E-state index in [0.29, 0.717) is 11.7 Å². The molecule has 1 aromatic heterocycles. The molecule has 1 heterocycles. The highest BCUT2D eigenvalue weighted by Gasteiger charge is 2.13. The molecule has 0 radical (unpaired) electrons. The monoisotopic (exact) mass is 367 g/mol. The Morgan fingerprint density at radius 3 is 1.73 bits per heavy atom. The summed E-state index contributed by atoms with van der Waals surface area (Å²) in [6.07, 6.45) is 1.82. The van der Waals surface area contributed by atoms with Crippen molar-refractivity contribution in [3.05, 3.63) is 91.8 Å². The molecule has 0 aliphatic carbocycles. The number of thioether (sulfide) groups is 1. The Kier molecular flexibility index (Phi) is 5.42. The predicted octanol–water partition coefficient (Wildman–Crippen LogP) is 2.84. The first kappa shape index (κ1) is 18.2. The topological polar surface area (TPSA) is 56.9 Å². The van der Waals surface area contributed by atoms with E-state index in [2.05, 4.69) is 4.98 Å². The molecule has 3 aromatic rings. The van der Waals surface area contributed by atoms with Crippen LogP contribution in [-0.2, 0) is 13.1 Å². The summed E-state index contributed by atoms with van der Waals surface area (Å²) in [6, 6.07) is 15.8. The Labute approximate surface area is 156 Å². The summed E-state index contributed by atoms with van der Waals surface area (Å²) < 4.78 is 2.75. The van der Waals surface area contributed by atoms with Crippen LogP contribution in [0.15, 0.2) is 63.3 Å². The highest BCUT2D eigenvalue weighted by Crippen LogP contribution is 2.11. The molecular formula is C20H21N3O2S. The molecule has 0 aliphatic heterocycles. The lowest BCUT2D eigenvalue weighted by atomic mass is 10.1. The predicted molar refractivity (Wildman–Crippen MR) is 105 cm³/mol. The second-order valence-electron chi connectivity index (χ2n) is 6.31. The Morgan fingerprint density at radius 2 is 1.27 bits per heavy atom. The number of benzene rings is 2. The normalized spacial score (nSPS) is 10.9. The van der Waals surface area contributed by atoms with Gasteiger partial charge in [-0.2, -0.15) is 4.98 Å². The molecule has 0 atom stereocenters. The highest BCUT2D eigenvalue weighted by atomic mass is 32.2. The molecule has 2 aromatic carbocycles. The van der Waals surface area contributed by atoms with Crippen molar-refractivity contribution < 1.29 is 0 Å². The van der Waals surface area contributed by atoms with E-state index in [0.717, 1.165) is 22.3 Å². The van der Waals surface area contributed by atoms with Crippen molar-refractivity contribution in [1.29, 1.82) is 0 Å². The van der Waals surface area contributed by atoms with Gasteiger partial charge in [0.15, 0.2) is 5.16 Å². The third kappa shape index (κ3) is 3.96. The molecule has 26 heavy (non-hydrogen) atoms. The van der Waals surface area contributed by atoms with Gasteiger partial charge in [-0.15, -0.1) is 0 Å². The largest absolute Gasteiger partial charge is 0.354 e. The Morgan fingerprint density at radius 1 is 0.808 bits per heavy atom. The number of aromatic nitrogens is 3. The van der Waals surface area contributed by atoms with Gasteiger partial charge in [-0.3, -0.25) is 4.57 Å². The SMILES string of the molecule is CSc1nc(=O)n(Cc2ccc(C)cc2)c(=O)n1Cc1ccc(C)cc1. The molecule has 6 heteroatoms. The van der Waals surface area contributed by atoms with Gasteiger partial charge in [-0.1, -0.05) is 71.4 Å². The third-order valence-corrected chi connectivity index (χ3v) is 4.90. The lowest BCUT2D eigenvalue weighted by Gasteiger charge is -2.13. The average Bonchev–Trinajstić information content (AvgIpc) is 2.64. The van der Waals surface area contributed by atoms with Crippen LogP contribution in [0.2, 0.25) is 0 Å². The van der Waals surface area contributed by atoms with Crippen molar-refractivity contribution in [3.63, 3.8) is 0 Å². The molecule has 0 amide bonds. The molecule has 0 unspecified atom stereocenters. The molecule has 0 spiro atoms. The molecule has 0 N–H and O–H groups in total. The Hall–Kier alpha value is -2.60. The van der Waals surface area contributed by atoms with Crippen molar-refractivity contribution in [1.82, 2.24) is 14.1 Å². The van der Waals surface area contributed by atoms with E-state index < -0.39 is 5.69 Å². The highest BCUT2D eigenvalue weighted by molar-refractivity contribution is 7.98. The van der Waals surface area contributed by atoms with E-state index in [-0.39, 0.29) is 12.2 Å². The van der Waals surface area contributed by atoms with Crippen LogP contribution in [-0.4, -0.2) is 20.4 Å². The van der Waals surface area contributed by atoms with Crippen LogP contribution in [0.4, 0.5) is 0 Å². The molecule has 0 saturated carbocycles. The van der Waals surface area contributed by atoms with Crippen molar-refractivity contribution in [2.24, 2.45) is 0 Å². The molecule has 134 valence electrons. The minimum absolute atomic E-state index is 0.216. The fourth-order valence-electron chi connectivity index (χ4n) is 2.69.